The SMILES string of the molecule is CC(C)C[C@H](NC(=O)c1ccc(Cl)cc1)C(=O)N[C@@H](C(C)C)[C@@H](O)C1C(=O)C1c1ccccc1. The van der Waals surface area contributed by atoms with Crippen LogP contribution in [0.3, 0.4) is 0 Å². The largest absolute Gasteiger partial charge is 0.390 e. The van der Waals surface area contributed by atoms with Crippen LogP contribution < -0.4 is 10.6 Å². The van der Waals surface area contributed by atoms with Crippen LogP contribution in [0.2, 0.25) is 5.02 Å². The summed E-state index contributed by atoms with van der Waals surface area (Å²) < 4.78 is 0. The average Bonchev–Trinajstić information content (AvgIpc) is 3.47. The van der Waals surface area contributed by atoms with Crippen LogP contribution in [0.15, 0.2) is 54.6 Å². The van der Waals surface area contributed by atoms with Crippen LogP contribution in [-0.2, 0) is 9.59 Å². The number of Topliss-reactive ketones (excluding diaryl/α,β-unsaturated/α-hetero) is 1. The summed E-state index contributed by atoms with van der Waals surface area (Å²) in [5, 5.41) is 17.3. The molecule has 34 heavy (non-hydrogen) atoms. The number of nitrogens with one attached hydrogen (secondary N) is 2. The van der Waals surface area contributed by atoms with Gasteiger partial charge in [0.05, 0.1) is 24.0 Å². The van der Waals surface area contributed by atoms with Gasteiger partial charge in [-0.05, 0) is 48.1 Å². The summed E-state index contributed by atoms with van der Waals surface area (Å²) >= 11 is 5.90. The van der Waals surface area contributed by atoms with Crippen LogP contribution in [0.4, 0.5) is 0 Å². The predicted molar refractivity (Wildman–Crippen MR) is 133 cm³/mol. The number of hydrogen-bond acceptors (Lipinski definition) is 4. The van der Waals surface area contributed by atoms with Crippen molar-refractivity contribution in [3.05, 3.63) is 70.7 Å². The van der Waals surface area contributed by atoms with E-state index in [4.69, 9.17) is 11.6 Å². The van der Waals surface area contributed by atoms with Crippen LogP contribution >= 0.6 is 11.6 Å². The van der Waals surface area contributed by atoms with Crippen molar-refractivity contribution < 1.29 is 19.5 Å². The standard InChI is InChI=1S/C27H33ClN2O4/c1-15(2)14-20(29-26(33)18-10-12-19(28)13-11-18)27(34)30-23(16(3)4)25(32)22-21(24(22)31)17-8-6-5-7-9-17/h5-13,15-16,20-23,25,32H,14H2,1-4H3,(H,29,33)(H,30,34)/t20-,21?,22?,23-,25-/m0/s1. The molecule has 0 aliphatic heterocycles. The van der Waals surface area contributed by atoms with Crippen molar-refractivity contribution in [2.75, 3.05) is 0 Å². The maximum Gasteiger partial charge on any atom is 0.251 e. The molecule has 1 saturated carbocycles. The highest BCUT2D eigenvalue weighted by atomic mass is 35.5. The fourth-order valence-corrected chi connectivity index (χ4v) is 4.46. The van der Waals surface area contributed by atoms with Gasteiger partial charge in [-0.25, -0.2) is 0 Å². The van der Waals surface area contributed by atoms with E-state index in [1.165, 1.54) is 0 Å². The zero-order valence-electron chi connectivity index (χ0n) is 20.0. The molecule has 182 valence electrons. The van der Waals surface area contributed by atoms with Crippen molar-refractivity contribution in [1.82, 2.24) is 10.6 Å². The highest BCUT2D eigenvalue weighted by molar-refractivity contribution is 6.30. The number of halogens is 1. The highest BCUT2D eigenvalue weighted by Gasteiger charge is 2.56. The van der Waals surface area contributed by atoms with Crippen LogP contribution in [0.5, 0.6) is 0 Å². The summed E-state index contributed by atoms with van der Waals surface area (Å²) in [4.78, 5) is 38.5. The minimum absolute atomic E-state index is 0.0200. The van der Waals surface area contributed by atoms with Gasteiger partial charge in [-0.2, -0.15) is 0 Å². The number of carbonyl (C=O) groups excluding carboxylic acids is 3. The molecule has 2 aromatic rings. The van der Waals surface area contributed by atoms with Gasteiger partial charge < -0.3 is 15.7 Å². The molecule has 2 amide bonds. The van der Waals surface area contributed by atoms with E-state index in [0.29, 0.717) is 17.0 Å². The summed E-state index contributed by atoms with van der Waals surface area (Å²) in [6.45, 7) is 7.72. The lowest BCUT2D eigenvalue weighted by molar-refractivity contribution is -0.126. The predicted octanol–water partition coefficient (Wildman–Crippen LogP) is 3.97. The Morgan fingerprint density at radius 2 is 1.59 bits per heavy atom. The van der Waals surface area contributed by atoms with Crippen LogP contribution in [0, 0.1) is 17.8 Å². The van der Waals surface area contributed by atoms with Crippen LogP contribution in [0.1, 0.15) is 56.0 Å². The number of benzene rings is 2. The Hall–Kier alpha value is -2.70. The number of carbonyl (C=O) groups is 3. The van der Waals surface area contributed by atoms with E-state index in [-0.39, 0.29) is 35.4 Å². The minimum Gasteiger partial charge on any atom is -0.390 e. The van der Waals surface area contributed by atoms with Crippen molar-refractivity contribution in [2.45, 2.75) is 58.2 Å². The second-order valence-corrected chi connectivity index (χ2v) is 10.2. The minimum atomic E-state index is -1.02. The quantitative estimate of drug-likeness (QED) is 0.475. The third kappa shape index (κ3) is 6.24. The zero-order chi connectivity index (χ0) is 25.0. The van der Waals surface area contributed by atoms with E-state index in [2.05, 4.69) is 10.6 Å². The van der Waals surface area contributed by atoms with Crippen molar-refractivity contribution in [3.8, 4) is 0 Å². The molecule has 3 rings (SSSR count). The molecule has 6 nitrogen and oxygen atoms in total. The van der Waals surface area contributed by atoms with Crippen molar-refractivity contribution in [1.29, 1.82) is 0 Å². The molecule has 1 fully saturated rings. The molecule has 1 aliphatic rings. The normalized spacial score (nSPS) is 20.1. The molecule has 0 saturated heterocycles. The first kappa shape index (κ1) is 25.9. The second kappa shape index (κ2) is 11.2. The summed E-state index contributed by atoms with van der Waals surface area (Å²) in [6, 6.07) is 14.4. The van der Waals surface area contributed by atoms with E-state index in [0.717, 1.165) is 5.56 Å². The Bertz CT molecular complexity index is 1010. The Morgan fingerprint density at radius 1 is 0.971 bits per heavy atom. The van der Waals surface area contributed by atoms with E-state index < -0.39 is 24.1 Å². The molecule has 2 aromatic carbocycles. The fraction of sp³-hybridized carbons (Fsp3) is 0.444. The summed E-state index contributed by atoms with van der Waals surface area (Å²) in [5.41, 5.74) is 1.28. The van der Waals surface area contributed by atoms with Crippen LogP contribution in [-0.4, -0.2) is 40.9 Å². The molecule has 0 heterocycles. The number of hydrogen-bond donors (Lipinski definition) is 3. The summed E-state index contributed by atoms with van der Waals surface area (Å²) in [6.07, 6.45) is -0.588. The number of aliphatic hydroxyl groups is 1. The molecule has 0 radical (unpaired) electrons. The van der Waals surface area contributed by atoms with Crippen molar-refractivity contribution in [3.63, 3.8) is 0 Å². The maximum atomic E-state index is 13.3. The molecule has 1 aliphatic carbocycles. The van der Waals surface area contributed by atoms with Gasteiger partial charge >= 0.3 is 0 Å². The lowest BCUT2D eigenvalue weighted by Crippen LogP contribution is -2.55. The molecule has 7 heteroatoms. The number of amides is 2. The van der Waals surface area contributed by atoms with E-state index in [9.17, 15) is 19.5 Å². The molecular weight excluding hydrogens is 452 g/mol. The van der Waals surface area contributed by atoms with Gasteiger partial charge in [0.25, 0.3) is 5.91 Å². The van der Waals surface area contributed by atoms with Gasteiger partial charge in [0.1, 0.15) is 11.8 Å². The van der Waals surface area contributed by atoms with E-state index in [1.807, 2.05) is 58.0 Å². The van der Waals surface area contributed by atoms with Gasteiger partial charge in [-0.1, -0.05) is 69.6 Å². The third-order valence-electron chi connectivity index (χ3n) is 6.24. The van der Waals surface area contributed by atoms with Gasteiger partial charge in [0, 0.05) is 10.6 Å². The lowest BCUT2D eigenvalue weighted by Gasteiger charge is -2.30. The Kier molecular flexibility index (Phi) is 8.50. The van der Waals surface area contributed by atoms with Crippen molar-refractivity contribution in [2.24, 2.45) is 17.8 Å². The van der Waals surface area contributed by atoms with Gasteiger partial charge in [-0.3, -0.25) is 14.4 Å². The molecule has 0 spiro atoms. The second-order valence-electron chi connectivity index (χ2n) is 9.75. The summed E-state index contributed by atoms with van der Waals surface area (Å²) in [5.74, 6) is -1.65. The number of aliphatic hydroxyl groups excluding tert-OH is 1. The van der Waals surface area contributed by atoms with E-state index >= 15 is 0 Å². The Labute approximate surface area is 206 Å². The average molecular weight is 485 g/mol. The molecule has 2 unspecified atom stereocenters. The monoisotopic (exact) mass is 484 g/mol. The van der Waals surface area contributed by atoms with Gasteiger partial charge in [-0.15, -0.1) is 0 Å². The van der Waals surface area contributed by atoms with Crippen molar-refractivity contribution >= 4 is 29.2 Å². The fourth-order valence-electron chi connectivity index (χ4n) is 4.34. The van der Waals surface area contributed by atoms with Gasteiger partial charge in [0.15, 0.2) is 0 Å². The molecule has 5 atom stereocenters. The van der Waals surface area contributed by atoms with E-state index in [1.54, 1.807) is 24.3 Å². The molecular formula is C27H33ClN2O4. The molecule has 0 bridgehead atoms. The number of rotatable bonds is 10. The highest BCUT2D eigenvalue weighted by Crippen LogP contribution is 2.46. The topological polar surface area (TPSA) is 95.5 Å². The maximum absolute atomic E-state index is 13.3. The first-order valence-corrected chi connectivity index (χ1v) is 12.1. The van der Waals surface area contributed by atoms with Gasteiger partial charge in [0.2, 0.25) is 5.91 Å². The Morgan fingerprint density at radius 3 is 2.15 bits per heavy atom. The third-order valence-corrected chi connectivity index (χ3v) is 6.49. The number of ketones is 1. The zero-order valence-corrected chi connectivity index (χ0v) is 20.8. The lowest BCUT2D eigenvalue weighted by atomic mass is 9.92. The van der Waals surface area contributed by atoms with Crippen LogP contribution in [0.25, 0.3) is 0 Å². The first-order valence-electron chi connectivity index (χ1n) is 11.7. The summed E-state index contributed by atoms with van der Waals surface area (Å²) in [7, 11) is 0. The smallest absolute Gasteiger partial charge is 0.251 e. The molecule has 3 N–H and O–H groups in total. The first-order chi connectivity index (χ1) is 16.1. The Balaban J connectivity index is 1.71. The molecule has 0 aromatic heterocycles.